The Morgan fingerprint density at radius 2 is 2.00 bits per heavy atom. The Hall–Kier alpha value is -2.01. The Balaban J connectivity index is 2.85. The minimum atomic E-state index is 0.564. The van der Waals surface area contributed by atoms with Gasteiger partial charge in [0, 0.05) is 5.39 Å². The van der Waals surface area contributed by atoms with Gasteiger partial charge in [0.25, 0.3) is 0 Å². The third kappa shape index (κ3) is 1.51. The molecule has 0 saturated heterocycles. The number of aryl methyl sites for hydroxylation is 2. The van der Waals surface area contributed by atoms with Crippen LogP contribution in [0.2, 0.25) is 0 Å². The monoisotopic (exact) mass is 210 g/mol. The minimum Gasteiger partial charge on any atom is -0.397 e. The van der Waals surface area contributed by atoms with E-state index in [0.29, 0.717) is 11.3 Å². The molecule has 0 saturated carbocycles. The van der Waals surface area contributed by atoms with Gasteiger partial charge in [0.2, 0.25) is 0 Å². The second-order valence-corrected chi connectivity index (χ2v) is 4.00. The molecule has 0 aliphatic rings. The number of nitrogen functional groups attached to an aromatic ring is 1. The second kappa shape index (κ2) is 3.86. The van der Waals surface area contributed by atoms with Crippen molar-refractivity contribution in [1.82, 2.24) is 0 Å². The summed E-state index contributed by atoms with van der Waals surface area (Å²) in [7, 11) is 0. The molecule has 2 rings (SSSR count). The third-order valence-corrected chi connectivity index (χ3v) is 2.98. The zero-order valence-corrected chi connectivity index (χ0v) is 9.54. The van der Waals surface area contributed by atoms with Crippen LogP contribution in [-0.2, 0) is 6.42 Å². The number of hydrogen-bond acceptors (Lipinski definition) is 2. The molecule has 0 amide bonds. The molecule has 2 aromatic carbocycles. The molecule has 0 fully saturated rings. The van der Waals surface area contributed by atoms with Crippen molar-refractivity contribution in [2.24, 2.45) is 0 Å². The number of rotatable bonds is 1. The molecule has 0 aromatic heterocycles. The molecule has 2 aromatic rings. The highest BCUT2D eigenvalue weighted by Crippen LogP contribution is 2.28. The summed E-state index contributed by atoms with van der Waals surface area (Å²) in [5.74, 6) is 0. The van der Waals surface area contributed by atoms with Gasteiger partial charge in [-0.05, 0) is 35.9 Å². The molecule has 0 bridgehead atoms. The summed E-state index contributed by atoms with van der Waals surface area (Å²) >= 11 is 0. The fraction of sp³-hybridized carbons (Fsp3) is 0.214. The molecule has 16 heavy (non-hydrogen) atoms. The van der Waals surface area contributed by atoms with Crippen LogP contribution in [-0.4, -0.2) is 0 Å². The summed E-state index contributed by atoms with van der Waals surface area (Å²) in [4.78, 5) is 0. The van der Waals surface area contributed by atoms with Crippen LogP contribution in [0.5, 0.6) is 0 Å². The van der Waals surface area contributed by atoms with Gasteiger partial charge >= 0.3 is 0 Å². The fourth-order valence-electron chi connectivity index (χ4n) is 1.98. The zero-order valence-electron chi connectivity index (χ0n) is 9.54. The predicted octanol–water partition coefficient (Wildman–Crippen LogP) is 3.16. The van der Waals surface area contributed by atoms with Crippen molar-refractivity contribution in [3.63, 3.8) is 0 Å². The first kappa shape index (κ1) is 10.5. The van der Waals surface area contributed by atoms with Crippen LogP contribution in [0.3, 0.4) is 0 Å². The van der Waals surface area contributed by atoms with Crippen LogP contribution in [0.25, 0.3) is 10.8 Å². The van der Waals surface area contributed by atoms with Gasteiger partial charge in [0.15, 0.2) is 0 Å². The summed E-state index contributed by atoms with van der Waals surface area (Å²) < 4.78 is 0. The SMILES string of the molecule is CCc1ccc2c(N)c(C#N)cc(C)c2c1. The van der Waals surface area contributed by atoms with Gasteiger partial charge in [-0.3, -0.25) is 0 Å². The first-order valence-electron chi connectivity index (χ1n) is 5.39. The summed E-state index contributed by atoms with van der Waals surface area (Å²) in [5, 5.41) is 11.1. The first-order chi connectivity index (χ1) is 7.67. The standard InChI is InChI=1S/C14H14N2/c1-3-10-4-5-12-13(7-10)9(2)6-11(8-15)14(12)16/h4-7H,3,16H2,1-2H3. The van der Waals surface area contributed by atoms with Gasteiger partial charge in [0.05, 0.1) is 11.3 Å². The maximum atomic E-state index is 8.97. The van der Waals surface area contributed by atoms with E-state index in [4.69, 9.17) is 11.0 Å². The number of nitrogens with two attached hydrogens (primary N) is 1. The van der Waals surface area contributed by atoms with Gasteiger partial charge in [-0.25, -0.2) is 0 Å². The van der Waals surface area contributed by atoms with Crippen LogP contribution in [0, 0.1) is 18.3 Å². The normalized spacial score (nSPS) is 10.3. The molecule has 2 heteroatoms. The van der Waals surface area contributed by atoms with Crippen LogP contribution < -0.4 is 5.73 Å². The first-order valence-corrected chi connectivity index (χ1v) is 5.39. The van der Waals surface area contributed by atoms with E-state index in [-0.39, 0.29) is 0 Å². The quantitative estimate of drug-likeness (QED) is 0.735. The van der Waals surface area contributed by atoms with E-state index in [9.17, 15) is 0 Å². The largest absolute Gasteiger partial charge is 0.397 e. The molecule has 0 heterocycles. The molecular weight excluding hydrogens is 196 g/mol. The highest BCUT2D eigenvalue weighted by molar-refractivity contribution is 5.97. The van der Waals surface area contributed by atoms with Crippen molar-refractivity contribution in [3.8, 4) is 6.07 Å². The van der Waals surface area contributed by atoms with Crippen LogP contribution >= 0.6 is 0 Å². The van der Waals surface area contributed by atoms with E-state index in [1.807, 2.05) is 19.1 Å². The Bertz CT molecular complexity index is 592. The maximum absolute atomic E-state index is 8.97. The second-order valence-electron chi connectivity index (χ2n) is 4.00. The smallest absolute Gasteiger partial charge is 0.101 e. The summed E-state index contributed by atoms with van der Waals surface area (Å²) in [6.45, 7) is 4.14. The molecule has 2 nitrogen and oxygen atoms in total. The van der Waals surface area contributed by atoms with Crippen LogP contribution in [0.4, 0.5) is 5.69 Å². The average molecular weight is 210 g/mol. The van der Waals surface area contributed by atoms with E-state index in [0.717, 1.165) is 22.8 Å². The topological polar surface area (TPSA) is 49.8 Å². The number of fused-ring (bicyclic) bond motifs is 1. The number of nitrogens with zero attached hydrogens (tertiary/aromatic N) is 1. The van der Waals surface area contributed by atoms with Crippen molar-refractivity contribution < 1.29 is 0 Å². The lowest BCUT2D eigenvalue weighted by Gasteiger charge is -2.09. The van der Waals surface area contributed by atoms with Gasteiger partial charge in [-0.1, -0.05) is 25.1 Å². The Kier molecular flexibility index (Phi) is 2.54. The lowest BCUT2D eigenvalue weighted by Crippen LogP contribution is -1.95. The van der Waals surface area contributed by atoms with Gasteiger partial charge in [0.1, 0.15) is 6.07 Å². The van der Waals surface area contributed by atoms with Crippen molar-refractivity contribution in [1.29, 1.82) is 5.26 Å². The predicted molar refractivity (Wildman–Crippen MR) is 67.2 cm³/mol. The highest BCUT2D eigenvalue weighted by Gasteiger charge is 2.07. The van der Waals surface area contributed by atoms with Gasteiger partial charge in [-0.15, -0.1) is 0 Å². The molecule has 0 spiro atoms. The van der Waals surface area contributed by atoms with Gasteiger partial charge < -0.3 is 5.73 Å². The van der Waals surface area contributed by atoms with Gasteiger partial charge in [-0.2, -0.15) is 5.26 Å². The molecule has 0 aliphatic heterocycles. The lowest BCUT2D eigenvalue weighted by molar-refractivity contribution is 1.15. The third-order valence-electron chi connectivity index (χ3n) is 2.98. The van der Waals surface area contributed by atoms with Crippen molar-refractivity contribution in [2.75, 3.05) is 5.73 Å². The number of nitriles is 1. The molecule has 0 radical (unpaired) electrons. The van der Waals surface area contributed by atoms with Crippen molar-refractivity contribution in [3.05, 3.63) is 41.0 Å². The lowest BCUT2D eigenvalue weighted by atomic mass is 9.97. The maximum Gasteiger partial charge on any atom is 0.101 e. The molecule has 0 aliphatic carbocycles. The Morgan fingerprint density at radius 1 is 1.25 bits per heavy atom. The van der Waals surface area contributed by atoms with E-state index in [1.54, 1.807) is 0 Å². The van der Waals surface area contributed by atoms with Crippen molar-refractivity contribution in [2.45, 2.75) is 20.3 Å². The zero-order chi connectivity index (χ0) is 11.7. The van der Waals surface area contributed by atoms with Crippen LogP contribution in [0.15, 0.2) is 24.3 Å². The fourth-order valence-corrected chi connectivity index (χ4v) is 1.98. The molecular formula is C14H14N2. The van der Waals surface area contributed by atoms with E-state index in [2.05, 4.69) is 25.1 Å². The summed E-state index contributed by atoms with van der Waals surface area (Å²) in [6, 6.07) is 10.2. The number of benzene rings is 2. The molecule has 80 valence electrons. The number of hydrogen-bond donors (Lipinski definition) is 1. The van der Waals surface area contributed by atoms with E-state index in [1.165, 1.54) is 5.56 Å². The van der Waals surface area contributed by atoms with Crippen LogP contribution in [0.1, 0.15) is 23.6 Å². The summed E-state index contributed by atoms with van der Waals surface area (Å²) in [6.07, 6.45) is 1.01. The van der Waals surface area contributed by atoms with E-state index >= 15 is 0 Å². The highest BCUT2D eigenvalue weighted by atomic mass is 14.6. The molecule has 2 N–H and O–H groups in total. The minimum absolute atomic E-state index is 0.564. The average Bonchev–Trinajstić information content (AvgIpc) is 2.33. The number of anilines is 1. The van der Waals surface area contributed by atoms with Crippen molar-refractivity contribution >= 4 is 16.5 Å². The summed E-state index contributed by atoms with van der Waals surface area (Å²) in [5.41, 5.74) is 9.52. The van der Waals surface area contributed by atoms with E-state index < -0.39 is 0 Å². The molecule has 0 atom stereocenters. The Labute approximate surface area is 95.3 Å². The molecule has 0 unspecified atom stereocenters. The Morgan fingerprint density at radius 3 is 2.62 bits per heavy atom.